The van der Waals surface area contributed by atoms with Crippen molar-refractivity contribution in [1.82, 2.24) is 0 Å². The van der Waals surface area contributed by atoms with Crippen molar-refractivity contribution in [2.75, 3.05) is 0 Å². The summed E-state index contributed by atoms with van der Waals surface area (Å²) in [6.07, 6.45) is 1.31. The van der Waals surface area contributed by atoms with Crippen molar-refractivity contribution in [1.29, 1.82) is 0 Å². The average molecular weight is 341 g/mol. The SMILES string of the molecule is CCC(C)C.Cl.Cl.O=P(O)(O)O.O=P(O)(O)O. The Kier molecular flexibility index (Phi) is 26.8. The molecule has 8 nitrogen and oxygen atoms in total. The molecule has 0 aromatic carbocycles. The Labute approximate surface area is 112 Å². The fourth-order valence-corrected chi connectivity index (χ4v) is 0. The van der Waals surface area contributed by atoms with Gasteiger partial charge in [0.05, 0.1) is 0 Å². The van der Waals surface area contributed by atoms with Gasteiger partial charge in [0.25, 0.3) is 0 Å². The maximum Gasteiger partial charge on any atom is 0.466 e. The van der Waals surface area contributed by atoms with E-state index in [4.69, 9.17) is 38.5 Å². The van der Waals surface area contributed by atoms with E-state index in [1.54, 1.807) is 0 Å². The number of phosphoric acid groups is 2. The van der Waals surface area contributed by atoms with Gasteiger partial charge in [0.1, 0.15) is 0 Å². The van der Waals surface area contributed by atoms with Crippen molar-refractivity contribution in [2.24, 2.45) is 5.92 Å². The molecule has 0 bridgehead atoms. The van der Waals surface area contributed by atoms with E-state index in [1.165, 1.54) is 6.42 Å². The molecule has 0 unspecified atom stereocenters. The molecule has 0 aliphatic carbocycles. The molecule has 0 amide bonds. The molecule has 12 heteroatoms. The lowest BCUT2D eigenvalue weighted by atomic mass is 10.2. The van der Waals surface area contributed by atoms with Crippen LogP contribution in [0.1, 0.15) is 27.2 Å². The van der Waals surface area contributed by atoms with E-state index >= 15 is 0 Å². The summed E-state index contributed by atoms with van der Waals surface area (Å²) in [7, 11) is -9.28. The highest BCUT2D eigenvalue weighted by Gasteiger charge is 2.00. The number of rotatable bonds is 1. The van der Waals surface area contributed by atoms with Gasteiger partial charge >= 0.3 is 15.6 Å². The topological polar surface area (TPSA) is 156 Å². The molecule has 6 N–H and O–H groups in total. The first-order valence-corrected chi connectivity index (χ1v) is 6.97. The van der Waals surface area contributed by atoms with Crippen LogP contribution in [-0.2, 0) is 9.13 Å². The smallest absolute Gasteiger partial charge is 0.303 e. The Morgan fingerprint density at radius 1 is 0.824 bits per heavy atom. The minimum atomic E-state index is -4.64. The van der Waals surface area contributed by atoms with Crippen LogP contribution in [0.3, 0.4) is 0 Å². The average Bonchev–Trinajstić information content (AvgIpc) is 1.79. The fraction of sp³-hybridized carbons (Fsp3) is 1.00. The molecule has 0 radical (unpaired) electrons. The Bertz CT molecular complexity index is 187. The summed E-state index contributed by atoms with van der Waals surface area (Å²) in [5, 5.41) is 0. The van der Waals surface area contributed by atoms with Gasteiger partial charge in [-0.05, 0) is 5.92 Å². The predicted molar refractivity (Wildman–Crippen MR) is 68.2 cm³/mol. The Morgan fingerprint density at radius 3 is 0.882 bits per heavy atom. The Balaban J connectivity index is -0.0000000400. The first-order valence-electron chi connectivity index (χ1n) is 3.84. The van der Waals surface area contributed by atoms with Gasteiger partial charge in [-0.2, -0.15) is 0 Å². The third-order valence-corrected chi connectivity index (χ3v) is 0.816. The van der Waals surface area contributed by atoms with E-state index in [0.717, 1.165) is 5.92 Å². The monoisotopic (exact) mass is 340 g/mol. The van der Waals surface area contributed by atoms with Gasteiger partial charge in [-0.25, -0.2) is 9.13 Å². The Morgan fingerprint density at radius 2 is 0.882 bits per heavy atom. The van der Waals surface area contributed by atoms with Crippen LogP contribution in [0, 0.1) is 5.92 Å². The molecule has 0 aliphatic heterocycles. The molecule has 0 heterocycles. The van der Waals surface area contributed by atoms with Crippen LogP contribution in [0.2, 0.25) is 0 Å². The van der Waals surface area contributed by atoms with Crippen molar-refractivity contribution in [3.05, 3.63) is 0 Å². The predicted octanol–water partition coefficient (Wildman–Crippen LogP) is 1.04. The first-order chi connectivity index (χ1) is 6.27. The summed E-state index contributed by atoms with van der Waals surface area (Å²) >= 11 is 0. The summed E-state index contributed by atoms with van der Waals surface area (Å²) in [6.45, 7) is 6.64. The molecular weight excluding hydrogens is 321 g/mol. The summed E-state index contributed by atoms with van der Waals surface area (Å²) < 4.78 is 17.8. The third-order valence-electron chi connectivity index (χ3n) is 0.816. The second-order valence-electron chi connectivity index (χ2n) is 2.83. The van der Waals surface area contributed by atoms with Crippen LogP contribution >= 0.6 is 40.5 Å². The van der Waals surface area contributed by atoms with Crippen LogP contribution in [0.25, 0.3) is 0 Å². The molecule has 0 saturated carbocycles. The van der Waals surface area contributed by atoms with E-state index in [-0.39, 0.29) is 24.8 Å². The lowest BCUT2D eigenvalue weighted by Gasteiger charge is -1.90. The molecule has 0 aliphatic rings. The highest BCUT2D eigenvalue weighted by molar-refractivity contribution is 7.45. The molecule has 0 aromatic rings. The molecule has 0 fully saturated rings. The maximum atomic E-state index is 8.88. The second-order valence-corrected chi connectivity index (χ2v) is 4.88. The standard InChI is InChI=1S/C5H12.2ClH.2H3O4P/c1-4-5(2)3;;;2*1-5(2,3)4/h5H,4H2,1-3H3;2*1H;2*(H3,1,2,3,4). The zero-order valence-electron chi connectivity index (χ0n) is 9.50. The van der Waals surface area contributed by atoms with Crippen LogP contribution in [0.5, 0.6) is 0 Å². The van der Waals surface area contributed by atoms with Gasteiger partial charge in [0, 0.05) is 0 Å². The van der Waals surface area contributed by atoms with Gasteiger partial charge in [-0.1, -0.05) is 27.2 Å². The van der Waals surface area contributed by atoms with E-state index in [2.05, 4.69) is 20.8 Å². The van der Waals surface area contributed by atoms with Gasteiger partial charge in [0.15, 0.2) is 0 Å². The zero-order chi connectivity index (χ0) is 13.3. The molecule has 17 heavy (non-hydrogen) atoms. The molecule has 0 saturated heterocycles. The number of hydrogen-bond donors (Lipinski definition) is 6. The van der Waals surface area contributed by atoms with E-state index in [1.807, 2.05) is 0 Å². The van der Waals surface area contributed by atoms with Crippen LogP contribution in [0.4, 0.5) is 0 Å². The minimum absolute atomic E-state index is 0. The van der Waals surface area contributed by atoms with Gasteiger partial charge < -0.3 is 29.4 Å². The van der Waals surface area contributed by atoms with Crippen molar-refractivity contribution >= 4 is 40.5 Å². The summed E-state index contributed by atoms with van der Waals surface area (Å²) in [6, 6.07) is 0. The molecule has 0 rings (SSSR count). The minimum Gasteiger partial charge on any atom is -0.303 e. The third kappa shape index (κ3) is 469. The van der Waals surface area contributed by atoms with E-state index < -0.39 is 15.6 Å². The van der Waals surface area contributed by atoms with Crippen LogP contribution in [-0.4, -0.2) is 29.4 Å². The quantitative estimate of drug-likeness (QED) is 0.386. The fourth-order valence-electron chi connectivity index (χ4n) is 0. The zero-order valence-corrected chi connectivity index (χ0v) is 12.9. The van der Waals surface area contributed by atoms with Crippen molar-refractivity contribution < 1.29 is 38.5 Å². The second kappa shape index (κ2) is 14.9. The highest BCUT2D eigenvalue weighted by Crippen LogP contribution is 2.26. The lowest BCUT2D eigenvalue weighted by molar-refractivity contribution is 0.272. The van der Waals surface area contributed by atoms with Gasteiger partial charge in [-0.3, -0.25) is 0 Å². The molecule has 0 spiro atoms. The maximum absolute atomic E-state index is 8.88. The van der Waals surface area contributed by atoms with E-state index in [9.17, 15) is 0 Å². The van der Waals surface area contributed by atoms with E-state index in [0.29, 0.717) is 0 Å². The molecule has 0 aromatic heterocycles. The lowest BCUT2D eigenvalue weighted by Crippen LogP contribution is -1.77. The highest BCUT2D eigenvalue weighted by atomic mass is 35.5. The Hall–Kier alpha value is 0.800. The van der Waals surface area contributed by atoms with Crippen molar-refractivity contribution in [3.8, 4) is 0 Å². The van der Waals surface area contributed by atoms with Crippen molar-refractivity contribution in [2.45, 2.75) is 27.2 Å². The van der Waals surface area contributed by atoms with Gasteiger partial charge in [0.2, 0.25) is 0 Å². The largest absolute Gasteiger partial charge is 0.466 e. The first kappa shape index (κ1) is 30.7. The molecular formula is C5H20Cl2O8P2. The summed E-state index contributed by atoms with van der Waals surface area (Å²) in [4.78, 5) is 43.1. The summed E-state index contributed by atoms with van der Waals surface area (Å²) in [5.74, 6) is 0.884. The van der Waals surface area contributed by atoms with Crippen molar-refractivity contribution in [3.63, 3.8) is 0 Å². The normalized spacial score (nSPS) is 9.76. The van der Waals surface area contributed by atoms with Crippen LogP contribution in [0.15, 0.2) is 0 Å². The molecule has 112 valence electrons. The van der Waals surface area contributed by atoms with Gasteiger partial charge in [-0.15, -0.1) is 24.8 Å². The number of halogens is 2. The number of hydrogen-bond acceptors (Lipinski definition) is 2. The molecule has 0 atom stereocenters. The summed E-state index contributed by atoms with van der Waals surface area (Å²) in [5.41, 5.74) is 0. The van der Waals surface area contributed by atoms with Crippen LogP contribution < -0.4 is 0 Å².